The fraction of sp³-hybridized carbons (Fsp3) is 0.643. The van der Waals surface area contributed by atoms with Gasteiger partial charge in [-0.1, -0.05) is 13.0 Å². The van der Waals surface area contributed by atoms with Crippen molar-refractivity contribution in [2.75, 3.05) is 6.61 Å². The summed E-state index contributed by atoms with van der Waals surface area (Å²) in [7, 11) is 0. The van der Waals surface area contributed by atoms with E-state index in [0.717, 1.165) is 12.0 Å². The summed E-state index contributed by atoms with van der Waals surface area (Å²) in [6, 6.07) is 3.97. The van der Waals surface area contributed by atoms with Gasteiger partial charge in [-0.05, 0) is 31.9 Å². The highest BCUT2D eigenvalue weighted by Crippen LogP contribution is 2.08. The minimum absolute atomic E-state index is 0.0340. The van der Waals surface area contributed by atoms with Crippen LogP contribution < -0.4 is 5.32 Å². The molecular weight excluding hydrogens is 228 g/mol. The van der Waals surface area contributed by atoms with Gasteiger partial charge in [0.1, 0.15) is 0 Å². The van der Waals surface area contributed by atoms with E-state index in [-0.39, 0.29) is 12.1 Å². The highest BCUT2D eigenvalue weighted by Gasteiger charge is 2.23. The van der Waals surface area contributed by atoms with Gasteiger partial charge in [0.2, 0.25) is 0 Å². The molecule has 0 amide bonds. The highest BCUT2D eigenvalue weighted by atomic mass is 16.5. The molecule has 0 spiro atoms. The Morgan fingerprint density at radius 3 is 2.78 bits per heavy atom. The summed E-state index contributed by atoms with van der Waals surface area (Å²) in [6.07, 6.45) is 3.80. The number of rotatable bonds is 8. The van der Waals surface area contributed by atoms with Gasteiger partial charge in [0, 0.05) is 31.6 Å². The summed E-state index contributed by atoms with van der Waals surface area (Å²) in [5.74, 6) is 0. The second-order valence-corrected chi connectivity index (χ2v) is 4.41. The van der Waals surface area contributed by atoms with Crippen LogP contribution in [-0.4, -0.2) is 34.9 Å². The maximum Gasteiger partial charge on any atom is 0.0951 e. The van der Waals surface area contributed by atoms with Crippen LogP contribution in [0.15, 0.2) is 24.5 Å². The minimum Gasteiger partial charge on any atom is -0.389 e. The number of nitrogens with zero attached hydrogens (tertiary/aromatic N) is 1. The Morgan fingerprint density at radius 1 is 1.44 bits per heavy atom. The monoisotopic (exact) mass is 252 g/mol. The predicted octanol–water partition coefficient (Wildman–Crippen LogP) is 1.74. The lowest BCUT2D eigenvalue weighted by atomic mass is 10.0. The quantitative estimate of drug-likeness (QED) is 0.740. The molecule has 0 saturated carbocycles. The largest absolute Gasteiger partial charge is 0.389 e. The lowest BCUT2D eigenvalue weighted by Crippen LogP contribution is -2.45. The van der Waals surface area contributed by atoms with Crippen molar-refractivity contribution in [1.29, 1.82) is 0 Å². The Balaban J connectivity index is 2.46. The van der Waals surface area contributed by atoms with Crippen molar-refractivity contribution in [3.05, 3.63) is 30.1 Å². The molecule has 1 aromatic heterocycles. The number of aliphatic hydroxyl groups is 1. The number of ether oxygens (including phenoxy) is 1. The molecule has 3 atom stereocenters. The Labute approximate surface area is 109 Å². The molecule has 0 radical (unpaired) electrons. The topological polar surface area (TPSA) is 54.4 Å². The van der Waals surface area contributed by atoms with Crippen molar-refractivity contribution in [2.45, 2.75) is 52.0 Å². The van der Waals surface area contributed by atoms with Crippen LogP contribution in [0.3, 0.4) is 0 Å². The third kappa shape index (κ3) is 4.72. The molecule has 1 aromatic rings. The van der Waals surface area contributed by atoms with Gasteiger partial charge in [0.05, 0.1) is 12.2 Å². The van der Waals surface area contributed by atoms with Crippen LogP contribution in [0.25, 0.3) is 0 Å². The van der Waals surface area contributed by atoms with E-state index in [2.05, 4.69) is 17.2 Å². The number of hydrogen-bond donors (Lipinski definition) is 2. The second kappa shape index (κ2) is 8.19. The molecule has 0 aliphatic carbocycles. The van der Waals surface area contributed by atoms with E-state index in [0.29, 0.717) is 13.2 Å². The minimum atomic E-state index is -0.494. The Bertz CT molecular complexity index is 319. The van der Waals surface area contributed by atoms with Gasteiger partial charge in [-0.15, -0.1) is 0 Å². The van der Waals surface area contributed by atoms with Crippen LogP contribution in [-0.2, 0) is 11.3 Å². The maximum atomic E-state index is 10.2. The van der Waals surface area contributed by atoms with E-state index >= 15 is 0 Å². The number of pyridine rings is 1. The number of nitrogens with one attached hydrogen (secondary N) is 1. The maximum absolute atomic E-state index is 10.2. The molecule has 0 saturated heterocycles. The Morgan fingerprint density at radius 2 is 2.22 bits per heavy atom. The van der Waals surface area contributed by atoms with Crippen LogP contribution in [0.5, 0.6) is 0 Å². The zero-order valence-corrected chi connectivity index (χ0v) is 11.5. The third-order valence-electron chi connectivity index (χ3n) is 3.05. The Hall–Kier alpha value is -0.970. The van der Waals surface area contributed by atoms with E-state index in [4.69, 9.17) is 4.74 Å². The first-order valence-corrected chi connectivity index (χ1v) is 6.61. The molecular formula is C14H24N2O2. The van der Waals surface area contributed by atoms with Gasteiger partial charge in [-0.2, -0.15) is 0 Å². The highest BCUT2D eigenvalue weighted by molar-refractivity contribution is 5.08. The van der Waals surface area contributed by atoms with Crippen LogP contribution in [0.1, 0.15) is 32.8 Å². The molecule has 4 heteroatoms. The molecule has 102 valence electrons. The van der Waals surface area contributed by atoms with Crippen LogP contribution >= 0.6 is 0 Å². The van der Waals surface area contributed by atoms with Crippen LogP contribution in [0.2, 0.25) is 0 Å². The van der Waals surface area contributed by atoms with Crippen molar-refractivity contribution in [3.8, 4) is 0 Å². The molecule has 0 fully saturated rings. The van der Waals surface area contributed by atoms with Crippen molar-refractivity contribution in [1.82, 2.24) is 10.3 Å². The normalized spacial score (nSPS) is 16.2. The fourth-order valence-electron chi connectivity index (χ4n) is 1.95. The zero-order chi connectivity index (χ0) is 13.4. The summed E-state index contributed by atoms with van der Waals surface area (Å²) in [6.45, 7) is 7.23. The average Bonchev–Trinajstić information content (AvgIpc) is 2.40. The van der Waals surface area contributed by atoms with E-state index in [9.17, 15) is 5.11 Å². The summed E-state index contributed by atoms with van der Waals surface area (Å²) in [4.78, 5) is 4.07. The van der Waals surface area contributed by atoms with Gasteiger partial charge < -0.3 is 15.2 Å². The third-order valence-corrected chi connectivity index (χ3v) is 3.05. The van der Waals surface area contributed by atoms with Gasteiger partial charge >= 0.3 is 0 Å². The first-order chi connectivity index (χ1) is 8.69. The van der Waals surface area contributed by atoms with Crippen molar-refractivity contribution in [3.63, 3.8) is 0 Å². The van der Waals surface area contributed by atoms with Gasteiger partial charge in [-0.25, -0.2) is 0 Å². The standard InChI is InChI=1S/C14H24N2O2/c1-4-13(14(17)11(3)18-5-2)16-10-12-7-6-8-15-9-12/h6-9,11,13-14,16-17H,4-5,10H2,1-3H3/t11-,13?,14?/m0/s1. The van der Waals surface area contributed by atoms with Crippen LogP contribution in [0.4, 0.5) is 0 Å². The van der Waals surface area contributed by atoms with E-state index in [1.165, 1.54) is 0 Å². The molecule has 2 N–H and O–H groups in total. The lowest BCUT2D eigenvalue weighted by Gasteiger charge is -2.27. The molecule has 0 aromatic carbocycles. The SMILES string of the molecule is CCO[C@@H](C)C(O)C(CC)NCc1cccnc1. The van der Waals surface area contributed by atoms with Crippen LogP contribution in [0, 0.1) is 0 Å². The molecule has 0 aliphatic rings. The van der Waals surface area contributed by atoms with Gasteiger partial charge in [0.15, 0.2) is 0 Å². The van der Waals surface area contributed by atoms with E-state index in [1.807, 2.05) is 32.2 Å². The molecule has 2 unspecified atom stereocenters. The average molecular weight is 252 g/mol. The number of aromatic nitrogens is 1. The first-order valence-electron chi connectivity index (χ1n) is 6.61. The molecule has 1 heterocycles. The van der Waals surface area contributed by atoms with Crippen molar-refractivity contribution >= 4 is 0 Å². The first kappa shape index (κ1) is 15.1. The van der Waals surface area contributed by atoms with Gasteiger partial charge in [0.25, 0.3) is 0 Å². The van der Waals surface area contributed by atoms with E-state index in [1.54, 1.807) is 6.20 Å². The molecule has 0 aliphatic heterocycles. The molecule has 4 nitrogen and oxygen atoms in total. The second-order valence-electron chi connectivity index (χ2n) is 4.41. The number of aliphatic hydroxyl groups excluding tert-OH is 1. The molecule has 0 bridgehead atoms. The molecule has 1 rings (SSSR count). The van der Waals surface area contributed by atoms with Crippen molar-refractivity contribution in [2.24, 2.45) is 0 Å². The lowest BCUT2D eigenvalue weighted by molar-refractivity contribution is -0.0388. The number of hydrogen-bond acceptors (Lipinski definition) is 4. The summed E-state index contributed by atoms with van der Waals surface area (Å²) < 4.78 is 5.44. The summed E-state index contributed by atoms with van der Waals surface area (Å²) in [5.41, 5.74) is 1.12. The summed E-state index contributed by atoms with van der Waals surface area (Å²) in [5, 5.41) is 13.5. The van der Waals surface area contributed by atoms with Gasteiger partial charge in [-0.3, -0.25) is 4.98 Å². The summed E-state index contributed by atoms with van der Waals surface area (Å²) >= 11 is 0. The Kier molecular flexibility index (Phi) is 6.86. The predicted molar refractivity (Wildman–Crippen MR) is 72.3 cm³/mol. The smallest absolute Gasteiger partial charge is 0.0951 e. The fourth-order valence-corrected chi connectivity index (χ4v) is 1.95. The zero-order valence-electron chi connectivity index (χ0n) is 11.5. The van der Waals surface area contributed by atoms with E-state index < -0.39 is 6.10 Å². The van der Waals surface area contributed by atoms with Crippen molar-refractivity contribution < 1.29 is 9.84 Å². The molecule has 18 heavy (non-hydrogen) atoms.